The molecular formula is C12H20Cl2N-. The van der Waals surface area contributed by atoms with Crippen LogP contribution in [-0.4, -0.2) is 18.5 Å². The molecule has 0 radical (unpaired) electrons. The first-order valence-electron chi connectivity index (χ1n) is 6.16. The van der Waals surface area contributed by atoms with E-state index in [2.05, 4.69) is 5.32 Å². The molecule has 0 heterocycles. The highest BCUT2D eigenvalue weighted by Gasteiger charge is 2.47. The molecule has 0 amide bonds. The Bertz CT molecular complexity index is 192. The maximum absolute atomic E-state index is 5.75. The third-order valence-electron chi connectivity index (χ3n) is 4.70. The van der Waals surface area contributed by atoms with Gasteiger partial charge in [-0.15, -0.1) is 11.6 Å². The molecule has 0 aromatic carbocycles. The van der Waals surface area contributed by atoms with E-state index in [0.29, 0.717) is 0 Å². The van der Waals surface area contributed by atoms with Crippen LogP contribution in [0.5, 0.6) is 0 Å². The van der Waals surface area contributed by atoms with Crippen molar-refractivity contribution in [3.63, 3.8) is 0 Å². The lowest BCUT2D eigenvalue weighted by molar-refractivity contribution is -0.0128. The number of halogens is 2. The van der Waals surface area contributed by atoms with Crippen LogP contribution in [0.4, 0.5) is 0 Å². The summed E-state index contributed by atoms with van der Waals surface area (Å²) in [6, 6.07) is 0.821. The minimum Gasteiger partial charge on any atom is -1.00 e. The first-order valence-corrected chi connectivity index (χ1v) is 6.69. The zero-order valence-electron chi connectivity index (χ0n) is 9.09. The second-order valence-electron chi connectivity index (χ2n) is 5.60. The highest BCUT2D eigenvalue weighted by molar-refractivity contribution is 6.18. The van der Waals surface area contributed by atoms with Crippen molar-refractivity contribution in [2.45, 2.75) is 38.1 Å². The van der Waals surface area contributed by atoms with E-state index in [1.807, 2.05) is 0 Å². The van der Waals surface area contributed by atoms with E-state index < -0.39 is 0 Å². The number of rotatable bonds is 3. The molecular weight excluding hydrogens is 229 g/mol. The van der Waals surface area contributed by atoms with Gasteiger partial charge < -0.3 is 17.7 Å². The van der Waals surface area contributed by atoms with Crippen molar-refractivity contribution in [2.75, 3.05) is 12.4 Å². The molecule has 0 unspecified atom stereocenters. The maximum Gasteiger partial charge on any atom is 0.0348 e. The summed E-state index contributed by atoms with van der Waals surface area (Å²) in [6.45, 7) is 1.01. The van der Waals surface area contributed by atoms with Crippen LogP contribution in [0.1, 0.15) is 32.1 Å². The van der Waals surface area contributed by atoms with Gasteiger partial charge in [-0.1, -0.05) is 0 Å². The average Bonchev–Trinajstić information content (AvgIpc) is 2.15. The van der Waals surface area contributed by atoms with Crippen molar-refractivity contribution in [3.05, 3.63) is 0 Å². The second kappa shape index (κ2) is 4.81. The van der Waals surface area contributed by atoms with E-state index in [1.165, 1.54) is 25.7 Å². The summed E-state index contributed by atoms with van der Waals surface area (Å²) >= 11 is 5.75. The van der Waals surface area contributed by atoms with Gasteiger partial charge in [0, 0.05) is 18.5 Å². The largest absolute Gasteiger partial charge is 1.00 e. The van der Waals surface area contributed by atoms with Crippen LogP contribution >= 0.6 is 11.6 Å². The van der Waals surface area contributed by atoms with Crippen molar-refractivity contribution < 1.29 is 12.4 Å². The van der Waals surface area contributed by atoms with E-state index in [1.54, 1.807) is 6.42 Å². The molecule has 0 aliphatic heterocycles. The molecule has 15 heavy (non-hydrogen) atoms. The molecule has 4 bridgehead atoms. The molecule has 4 aliphatic rings. The van der Waals surface area contributed by atoms with Crippen LogP contribution in [0.3, 0.4) is 0 Å². The Hall–Kier alpha value is 0.540. The van der Waals surface area contributed by atoms with Gasteiger partial charge in [-0.05, 0) is 55.8 Å². The van der Waals surface area contributed by atoms with E-state index in [4.69, 9.17) is 11.6 Å². The maximum atomic E-state index is 5.75. The quantitative estimate of drug-likeness (QED) is 0.674. The van der Waals surface area contributed by atoms with E-state index >= 15 is 0 Å². The van der Waals surface area contributed by atoms with Gasteiger partial charge in [0.2, 0.25) is 0 Å². The number of nitrogens with one attached hydrogen (secondary N) is 1. The molecule has 88 valence electrons. The standard InChI is InChI=1S/C12H20ClN.ClH/c13-1-2-14-12-10-4-8-3-9(6-10)7-11(12)5-8;/h8-12,14H,1-7H2;1H/p-1. The minimum atomic E-state index is 0. The lowest BCUT2D eigenvalue weighted by Crippen LogP contribution is -3.00. The number of alkyl halides is 1. The van der Waals surface area contributed by atoms with Crippen LogP contribution in [-0.2, 0) is 0 Å². The van der Waals surface area contributed by atoms with Crippen molar-refractivity contribution >= 4 is 11.6 Å². The van der Waals surface area contributed by atoms with Gasteiger partial charge in [0.15, 0.2) is 0 Å². The molecule has 0 spiro atoms. The van der Waals surface area contributed by atoms with Crippen molar-refractivity contribution in [2.24, 2.45) is 23.7 Å². The summed E-state index contributed by atoms with van der Waals surface area (Å²) in [4.78, 5) is 0. The predicted octanol–water partition coefficient (Wildman–Crippen LogP) is -0.356. The third-order valence-corrected chi connectivity index (χ3v) is 4.89. The smallest absolute Gasteiger partial charge is 0.0348 e. The normalized spacial score (nSPS) is 46.6. The van der Waals surface area contributed by atoms with Crippen molar-refractivity contribution in [1.82, 2.24) is 5.32 Å². The molecule has 4 fully saturated rings. The van der Waals surface area contributed by atoms with Crippen molar-refractivity contribution in [1.29, 1.82) is 0 Å². The van der Waals surface area contributed by atoms with Gasteiger partial charge in [0.1, 0.15) is 0 Å². The van der Waals surface area contributed by atoms with Gasteiger partial charge in [0.25, 0.3) is 0 Å². The van der Waals surface area contributed by atoms with Gasteiger partial charge in [-0.25, -0.2) is 0 Å². The molecule has 0 saturated heterocycles. The molecule has 4 rings (SSSR count). The fourth-order valence-electron chi connectivity index (χ4n) is 4.48. The summed E-state index contributed by atoms with van der Waals surface area (Å²) in [5.74, 6) is 4.94. The molecule has 0 aromatic heterocycles. The Morgan fingerprint density at radius 3 is 1.93 bits per heavy atom. The fourth-order valence-corrected chi connectivity index (χ4v) is 4.59. The number of hydrogen-bond acceptors (Lipinski definition) is 1. The molecule has 0 atom stereocenters. The second-order valence-corrected chi connectivity index (χ2v) is 5.98. The Morgan fingerprint density at radius 1 is 0.933 bits per heavy atom. The molecule has 4 aliphatic carbocycles. The van der Waals surface area contributed by atoms with Crippen LogP contribution in [0.15, 0.2) is 0 Å². The Labute approximate surface area is 104 Å². The summed E-state index contributed by atoms with van der Waals surface area (Å²) in [6.07, 6.45) is 7.58. The average molecular weight is 249 g/mol. The summed E-state index contributed by atoms with van der Waals surface area (Å²) in [5.41, 5.74) is 0. The Morgan fingerprint density at radius 2 is 1.47 bits per heavy atom. The lowest BCUT2D eigenvalue weighted by Gasteiger charge is -2.54. The van der Waals surface area contributed by atoms with Crippen LogP contribution in [0.25, 0.3) is 0 Å². The lowest BCUT2D eigenvalue weighted by atomic mass is 9.54. The van der Waals surface area contributed by atoms with E-state index in [9.17, 15) is 0 Å². The monoisotopic (exact) mass is 248 g/mol. The van der Waals surface area contributed by atoms with Gasteiger partial charge in [-0.3, -0.25) is 0 Å². The highest BCUT2D eigenvalue weighted by Crippen LogP contribution is 2.53. The molecule has 1 nitrogen and oxygen atoms in total. The fraction of sp³-hybridized carbons (Fsp3) is 1.00. The zero-order chi connectivity index (χ0) is 9.54. The first kappa shape index (κ1) is 12.0. The van der Waals surface area contributed by atoms with Crippen LogP contribution in [0.2, 0.25) is 0 Å². The Balaban J connectivity index is 0.000000853. The summed E-state index contributed by atoms with van der Waals surface area (Å²) in [7, 11) is 0. The molecule has 0 aromatic rings. The molecule has 1 N–H and O–H groups in total. The third kappa shape index (κ3) is 2.16. The van der Waals surface area contributed by atoms with Crippen molar-refractivity contribution in [3.8, 4) is 0 Å². The van der Waals surface area contributed by atoms with Gasteiger partial charge in [-0.2, -0.15) is 0 Å². The molecule has 4 saturated carbocycles. The van der Waals surface area contributed by atoms with Crippen LogP contribution in [0, 0.1) is 23.7 Å². The van der Waals surface area contributed by atoms with Gasteiger partial charge >= 0.3 is 0 Å². The highest BCUT2D eigenvalue weighted by atomic mass is 35.5. The topological polar surface area (TPSA) is 12.0 Å². The zero-order valence-corrected chi connectivity index (χ0v) is 10.6. The summed E-state index contributed by atoms with van der Waals surface area (Å²) < 4.78 is 0. The SMILES string of the molecule is ClCCNC1C2CC3CC(C2)CC1C3.[Cl-]. The minimum absolute atomic E-state index is 0. The van der Waals surface area contributed by atoms with Gasteiger partial charge in [0.05, 0.1) is 0 Å². The van der Waals surface area contributed by atoms with E-state index in [-0.39, 0.29) is 12.4 Å². The Kier molecular flexibility index (Phi) is 3.85. The summed E-state index contributed by atoms with van der Waals surface area (Å²) in [5, 5.41) is 3.68. The first-order chi connectivity index (χ1) is 6.86. The number of hydrogen-bond donors (Lipinski definition) is 1. The van der Waals surface area contributed by atoms with Crippen LogP contribution < -0.4 is 17.7 Å². The van der Waals surface area contributed by atoms with E-state index in [0.717, 1.165) is 42.1 Å². The molecule has 3 heteroatoms. The predicted molar refractivity (Wildman–Crippen MR) is 59.6 cm³/mol.